The summed E-state index contributed by atoms with van der Waals surface area (Å²) in [6, 6.07) is 12.7. The minimum absolute atomic E-state index is 0.173. The predicted octanol–water partition coefficient (Wildman–Crippen LogP) is 4.20. The Morgan fingerprint density at radius 2 is 1.81 bits per heavy atom. The molecule has 0 amide bonds. The van der Waals surface area contributed by atoms with Gasteiger partial charge in [-0.2, -0.15) is 0 Å². The zero-order valence-corrected chi connectivity index (χ0v) is 12.6. The van der Waals surface area contributed by atoms with E-state index >= 15 is 0 Å². The highest BCUT2D eigenvalue weighted by Crippen LogP contribution is 2.25. The third-order valence-corrected chi connectivity index (χ3v) is 3.64. The summed E-state index contributed by atoms with van der Waals surface area (Å²) < 4.78 is 19.5. The van der Waals surface area contributed by atoms with Crippen LogP contribution in [0.5, 0.6) is 5.75 Å². The number of aliphatic hydroxyl groups excluding tert-OH is 1. The SMILES string of the molecule is CCc1ccc(C(O)C(C)Oc2cccc(C)c2F)cc1. The lowest BCUT2D eigenvalue weighted by atomic mass is 10.0. The maximum Gasteiger partial charge on any atom is 0.167 e. The highest BCUT2D eigenvalue weighted by molar-refractivity contribution is 5.31. The molecule has 1 N–H and O–H groups in total. The van der Waals surface area contributed by atoms with Crippen molar-refractivity contribution in [2.45, 2.75) is 39.4 Å². The molecule has 0 saturated heterocycles. The first-order valence-electron chi connectivity index (χ1n) is 7.21. The van der Waals surface area contributed by atoms with Gasteiger partial charge in [-0.3, -0.25) is 0 Å². The summed E-state index contributed by atoms with van der Waals surface area (Å²) >= 11 is 0. The van der Waals surface area contributed by atoms with E-state index in [4.69, 9.17) is 4.74 Å². The fourth-order valence-electron chi connectivity index (χ4n) is 2.20. The Hall–Kier alpha value is -1.87. The molecule has 3 heteroatoms. The largest absolute Gasteiger partial charge is 0.485 e. The molecule has 0 bridgehead atoms. The van der Waals surface area contributed by atoms with Crippen LogP contribution in [-0.2, 0) is 6.42 Å². The summed E-state index contributed by atoms with van der Waals surface area (Å²) in [5.74, 6) is -0.204. The van der Waals surface area contributed by atoms with Crippen LogP contribution in [0.2, 0.25) is 0 Å². The Balaban J connectivity index is 2.11. The molecule has 112 valence electrons. The lowest BCUT2D eigenvalue weighted by molar-refractivity contribution is 0.0443. The standard InChI is InChI=1S/C18H21FO2/c1-4-14-8-10-15(11-9-14)18(20)13(3)21-16-7-5-6-12(2)17(16)19/h5-11,13,18,20H,4H2,1-3H3. The highest BCUT2D eigenvalue weighted by atomic mass is 19.1. The van der Waals surface area contributed by atoms with E-state index in [0.29, 0.717) is 5.56 Å². The van der Waals surface area contributed by atoms with Crippen LogP contribution in [-0.4, -0.2) is 11.2 Å². The smallest absolute Gasteiger partial charge is 0.167 e. The second-order valence-electron chi connectivity index (χ2n) is 5.25. The number of rotatable bonds is 5. The Morgan fingerprint density at radius 1 is 1.14 bits per heavy atom. The molecule has 2 unspecified atom stereocenters. The first kappa shape index (κ1) is 15.5. The van der Waals surface area contributed by atoms with Crippen molar-refractivity contribution < 1.29 is 14.2 Å². The van der Waals surface area contributed by atoms with Crippen LogP contribution in [0.15, 0.2) is 42.5 Å². The van der Waals surface area contributed by atoms with E-state index in [1.165, 1.54) is 5.56 Å². The lowest BCUT2D eigenvalue weighted by Gasteiger charge is -2.21. The number of hydrogen-bond donors (Lipinski definition) is 1. The first-order valence-corrected chi connectivity index (χ1v) is 7.21. The van der Waals surface area contributed by atoms with Gasteiger partial charge in [-0.15, -0.1) is 0 Å². The Morgan fingerprint density at radius 3 is 2.43 bits per heavy atom. The molecule has 2 aromatic rings. The van der Waals surface area contributed by atoms with Crippen molar-refractivity contribution in [1.82, 2.24) is 0 Å². The van der Waals surface area contributed by atoms with Gasteiger partial charge in [0.1, 0.15) is 12.2 Å². The third kappa shape index (κ3) is 3.61. The van der Waals surface area contributed by atoms with E-state index in [1.54, 1.807) is 32.0 Å². The zero-order chi connectivity index (χ0) is 15.4. The number of benzene rings is 2. The molecule has 2 nitrogen and oxygen atoms in total. The van der Waals surface area contributed by atoms with Gasteiger partial charge in [-0.05, 0) is 43.0 Å². The van der Waals surface area contributed by atoms with E-state index in [0.717, 1.165) is 12.0 Å². The summed E-state index contributed by atoms with van der Waals surface area (Å²) in [6.07, 6.45) is -0.374. The normalized spacial score (nSPS) is 13.8. The van der Waals surface area contributed by atoms with Crippen LogP contribution in [0, 0.1) is 12.7 Å². The maximum absolute atomic E-state index is 13.9. The number of halogens is 1. The van der Waals surface area contributed by atoms with Crippen LogP contribution < -0.4 is 4.74 Å². The Labute approximate surface area is 125 Å². The summed E-state index contributed by atoms with van der Waals surface area (Å²) in [5, 5.41) is 10.3. The number of aryl methyl sites for hydroxylation is 2. The average molecular weight is 288 g/mol. The second-order valence-corrected chi connectivity index (χ2v) is 5.25. The molecule has 0 spiro atoms. The minimum Gasteiger partial charge on any atom is -0.485 e. The molecule has 0 aliphatic heterocycles. The molecule has 0 fully saturated rings. The van der Waals surface area contributed by atoms with Crippen molar-refractivity contribution in [2.75, 3.05) is 0 Å². The molecular formula is C18H21FO2. The van der Waals surface area contributed by atoms with Gasteiger partial charge in [0, 0.05) is 0 Å². The van der Waals surface area contributed by atoms with E-state index in [2.05, 4.69) is 6.92 Å². The summed E-state index contributed by atoms with van der Waals surface area (Å²) in [5.41, 5.74) is 2.51. The molecular weight excluding hydrogens is 267 g/mol. The number of aliphatic hydroxyl groups is 1. The van der Waals surface area contributed by atoms with Crippen molar-refractivity contribution in [3.8, 4) is 5.75 Å². The second kappa shape index (κ2) is 6.72. The van der Waals surface area contributed by atoms with Crippen LogP contribution in [0.4, 0.5) is 4.39 Å². The number of ether oxygens (including phenoxy) is 1. The van der Waals surface area contributed by atoms with Gasteiger partial charge in [0.05, 0.1) is 0 Å². The highest BCUT2D eigenvalue weighted by Gasteiger charge is 2.19. The minimum atomic E-state index is -0.796. The molecule has 0 aliphatic rings. The van der Waals surface area contributed by atoms with E-state index in [9.17, 15) is 9.50 Å². The van der Waals surface area contributed by atoms with Gasteiger partial charge < -0.3 is 9.84 Å². The van der Waals surface area contributed by atoms with Gasteiger partial charge in [0.15, 0.2) is 11.6 Å². The van der Waals surface area contributed by atoms with Crippen molar-refractivity contribution in [3.63, 3.8) is 0 Å². The fraction of sp³-hybridized carbons (Fsp3) is 0.333. The van der Waals surface area contributed by atoms with Gasteiger partial charge in [-0.25, -0.2) is 4.39 Å². The maximum atomic E-state index is 13.9. The molecule has 0 heterocycles. The van der Waals surface area contributed by atoms with E-state index in [1.807, 2.05) is 24.3 Å². The van der Waals surface area contributed by atoms with Gasteiger partial charge >= 0.3 is 0 Å². The lowest BCUT2D eigenvalue weighted by Crippen LogP contribution is -2.22. The van der Waals surface area contributed by atoms with E-state index in [-0.39, 0.29) is 11.6 Å². The van der Waals surface area contributed by atoms with Crippen LogP contribution in [0.25, 0.3) is 0 Å². The quantitative estimate of drug-likeness (QED) is 0.893. The molecule has 0 aromatic heterocycles. The van der Waals surface area contributed by atoms with E-state index < -0.39 is 12.2 Å². The first-order chi connectivity index (χ1) is 10.0. The molecule has 0 radical (unpaired) electrons. The predicted molar refractivity (Wildman–Crippen MR) is 82.0 cm³/mol. The Bertz CT molecular complexity index is 593. The monoisotopic (exact) mass is 288 g/mol. The van der Waals surface area contributed by atoms with Crippen molar-refractivity contribution in [2.24, 2.45) is 0 Å². The summed E-state index contributed by atoms with van der Waals surface area (Å²) in [6.45, 7) is 5.50. The van der Waals surface area contributed by atoms with Crippen molar-refractivity contribution >= 4 is 0 Å². The number of hydrogen-bond acceptors (Lipinski definition) is 2. The fourth-order valence-corrected chi connectivity index (χ4v) is 2.20. The third-order valence-electron chi connectivity index (χ3n) is 3.64. The van der Waals surface area contributed by atoms with Crippen LogP contribution in [0.3, 0.4) is 0 Å². The summed E-state index contributed by atoms with van der Waals surface area (Å²) in [7, 11) is 0. The van der Waals surface area contributed by atoms with Gasteiger partial charge in [-0.1, -0.05) is 43.3 Å². The van der Waals surface area contributed by atoms with Crippen LogP contribution in [0.1, 0.15) is 36.6 Å². The van der Waals surface area contributed by atoms with Gasteiger partial charge in [0.2, 0.25) is 0 Å². The molecule has 2 atom stereocenters. The Kier molecular flexibility index (Phi) is 4.97. The molecule has 2 aromatic carbocycles. The molecule has 0 saturated carbocycles. The molecule has 0 aliphatic carbocycles. The zero-order valence-electron chi connectivity index (χ0n) is 12.6. The summed E-state index contributed by atoms with van der Waals surface area (Å²) in [4.78, 5) is 0. The van der Waals surface area contributed by atoms with Gasteiger partial charge in [0.25, 0.3) is 0 Å². The van der Waals surface area contributed by atoms with Crippen molar-refractivity contribution in [3.05, 3.63) is 65.0 Å². The topological polar surface area (TPSA) is 29.5 Å². The molecule has 21 heavy (non-hydrogen) atoms. The average Bonchev–Trinajstić information content (AvgIpc) is 2.51. The molecule has 2 rings (SSSR count). The van der Waals surface area contributed by atoms with Crippen LogP contribution >= 0.6 is 0 Å². The van der Waals surface area contributed by atoms with Crippen molar-refractivity contribution in [1.29, 1.82) is 0 Å².